The topological polar surface area (TPSA) is 200 Å². The minimum Gasteiger partial charge on any atom is -0.480 e. The number of hydrogen-bond donors (Lipinski definition) is 3. The molecule has 0 bridgehead atoms. The maximum atomic E-state index is 14.5. The number of amides is 4. The Hall–Kier alpha value is -4.50. The van der Waals surface area contributed by atoms with Crippen molar-refractivity contribution in [1.82, 2.24) is 30.8 Å². The number of nitrogens with zero attached hydrogens (tertiary/aromatic N) is 4. The van der Waals surface area contributed by atoms with Crippen LogP contribution in [0.5, 0.6) is 11.9 Å². The first-order valence-electron chi connectivity index (χ1n) is 17.4. The van der Waals surface area contributed by atoms with E-state index in [9.17, 15) is 24.0 Å². The Bertz CT molecular complexity index is 1500. The lowest BCUT2D eigenvalue weighted by Gasteiger charge is -2.35. The Labute approximate surface area is 291 Å². The van der Waals surface area contributed by atoms with Crippen LogP contribution in [0.4, 0.5) is 4.79 Å². The fourth-order valence-electron chi connectivity index (χ4n) is 6.67. The molecule has 4 aliphatic rings. The number of rotatable bonds is 13. The van der Waals surface area contributed by atoms with Gasteiger partial charge in [0.1, 0.15) is 18.2 Å². The number of Topliss-reactive ketones (excluding diaryl/α,β-unsaturated/α-hetero) is 1. The van der Waals surface area contributed by atoms with Gasteiger partial charge in [-0.1, -0.05) is 39.3 Å². The first-order valence-corrected chi connectivity index (χ1v) is 17.4. The van der Waals surface area contributed by atoms with Crippen molar-refractivity contribution in [2.24, 2.45) is 10.6 Å². The molecule has 274 valence electrons. The van der Waals surface area contributed by atoms with Gasteiger partial charge in [-0.25, -0.2) is 9.78 Å². The minimum atomic E-state index is -1.14. The highest BCUT2D eigenvalue weighted by Gasteiger charge is 2.56. The summed E-state index contributed by atoms with van der Waals surface area (Å²) < 4.78 is 16.2. The van der Waals surface area contributed by atoms with E-state index in [-0.39, 0.29) is 49.8 Å². The van der Waals surface area contributed by atoms with Gasteiger partial charge in [-0.15, -0.1) is 0 Å². The molecule has 1 saturated heterocycles. The van der Waals surface area contributed by atoms with Gasteiger partial charge in [0.2, 0.25) is 23.5 Å². The van der Waals surface area contributed by atoms with Crippen molar-refractivity contribution in [3.8, 4) is 11.9 Å². The summed E-state index contributed by atoms with van der Waals surface area (Å²) in [7, 11) is 2.88. The molecule has 16 heteroatoms. The second-order valence-electron chi connectivity index (χ2n) is 14.7. The Balaban J connectivity index is 1.41. The van der Waals surface area contributed by atoms with E-state index in [0.717, 1.165) is 38.5 Å². The maximum Gasteiger partial charge on any atom is 0.408 e. The number of ether oxygens (including phenoxy) is 3. The van der Waals surface area contributed by atoms with Gasteiger partial charge in [0.25, 0.3) is 5.91 Å². The third kappa shape index (κ3) is 8.44. The molecule has 3 heterocycles. The Morgan fingerprint density at radius 2 is 1.78 bits per heavy atom. The molecule has 0 unspecified atom stereocenters. The lowest BCUT2D eigenvalue weighted by molar-refractivity contribution is -0.144. The smallest absolute Gasteiger partial charge is 0.408 e. The van der Waals surface area contributed by atoms with Crippen molar-refractivity contribution >= 4 is 35.3 Å². The second-order valence-corrected chi connectivity index (χ2v) is 14.7. The molecule has 4 atom stereocenters. The van der Waals surface area contributed by atoms with Gasteiger partial charge in [0.05, 0.1) is 38.1 Å². The van der Waals surface area contributed by atoms with Crippen molar-refractivity contribution in [2.75, 3.05) is 20.8 Å². The van der Waals surface area contributed by atoms with Crippen molar-refractivity contribution in [3.63, 3.8) is 0 Å². The zero-order valence-corrected chi connectivity index (χ0v) is 29.7. The van der Waals surface area contributed by atoms with Crippen LogP contribution in [0.15, 0.2) is 11.4 Å². The van der Waals surface area contributed by atoms with E-state index in [4.69, 9.17) is 19.0 Å². The van der Waals surface area contributed by atoms with Crippen molar-refractivity contribution in [2.45, 2.75) is 128 Å². The molecule has 1 spiro atoms. The molecule has 2 saturated carbocycles. The minimum absolute atomic E-state index is 0.0155. The van der Waals surface area contributed by atoms with Crippen LogP contribution in [0.1, 0.15) is 97.5 Å². The molecule has 2 aliphatic carbocycles. The van der Waals surface area contributed by atoms with E-state index in [1.807, 2.05) is 27.7 Å². The monoisotopic (exact) mass is 699 g/mol. The first kappa shape index (κ1) is 36.8. The summed E-state index contributed by atoms with van der Waals surface area (Å²) in [5.74, 6) is -2.42. The Morgan fingerprint density at radius 3 is 2.40 bits per heavy atom. The summed E-state index contributed by atoms with van der Waals surface area (Å²) in [6, 6.07) is -3.21. The summed E-state index contributed by atoms with van der Waals surface area (Å²) in [6.45, 7) is 7.22. The molecule has 50 heavy (non-hydrogen) atoms. The average Bonchev–Trinajstić information content (AvgIpc) is 3.43. The fraction of sp³-hybridized carbons (Fsp3) is 0.706. The number of carbonyl (C=O) groups excluding carboxylic acids is 5. The van der Waals surface area contributed by atoms with Crippen molar-refractivity contribution in [1.29, 1.82) is 0 Å². The van der Waals surface area contributed by atoms with E-state index < -0.39 is 58.7 Å². The molecule has 3 N–H and O–H groups in total. The summed E-state index contributed by atoms with van der Waals surface area (Å²) in [4.78, 5) is 83.4. The third-order valence-corrected chi connectivity index (χ3v) is 9.54. The van der Waals surface area contributed by atoms with E-state index in [1.54, 1.807) is 0 Å². The van der Waals surface area contributed by atoms with E-state index >= 15 is 0 Å². The quantitative estimate of drug-likeness (QED) is 0.255. The van der Waals surface area contributed by atoms with Gasteiger partial charge < -0.3 is 39.9 Å². The van der Waals surface area contributed by atoms with Gasteiger partial charge in [-0.2, -0.15) is 4.98 Å². The molecular weight excluding hydrogens is 650 g/mol. The summed E-state index contributed by atoms with van der Waals surface area (Å²) in [6.07, 6.45) is 6.59. The molecule has 2 aliphatic heterocycles. The van der Waals surface area contributed by atoms with Crippen LogP contribution in [0.3, 0.4) is 0 Å². The molecular formula is C34H49N7O9. The fourth-order valence-corrected chi connectivity index (χ4v) is 6.67. The first-order chi connectivity index (χ1) is 23.8. The normalized spacial score (nSPS) is 23.0. The van der Waals surface area contributed by atoms with Gasteiger partial charge in [0.15, 0.2) is 5.60 Å². The number of hydrogen-bond acceptors (Lipinski definition) is 12. The molecule has 0 aromatic carbocycles. The molecule has 1 aromatic heterocycles. The van der Waals surface area contributed by atoms with Crippen LogP contribution in [0.25, 0.3) is 0 Å². The highest BCUT2D eigenvalue weighted by atomic mass is 16.7. The molecule has 4 amide bonds. The van der Waals surface area contributed by atoms with E-state index in [2.05, 4.69) is 31.1 Å². The Kier molecular flexibility index (Phi) is 11.2. The van der Waals surface area contributed by atoms with Gasteiger partial charge in [0, 0.05) is 25.1 Å². The predicted octanol–water partition coefficient (Wildman–Crippen LogP) is 2.17. The van der Waals surface area contributed by atoms with Crippen LogP contribution in [0.2, 0.25) is 0 Å². The van der Waals surface area contributed by atoms with E-state index in [1.165, 1.54) is 25.3 Å². The van der Waals surface area contributed by atoms with Crippen molar-refractivity contribution < 1.29 is 43.0 Å². The third-order valence-electron chi connectivity index (χ3n) is 9.54. The Morgan fingerprint density at radius 1 is 1.06 bits per heavy atom. The van der Waals surface area contributed by atoms with Gasteiger partial charge in [-0.3, -0.25) is 19.2 Å². The average molecular weight is 700 g/mol. The molecule has 0 radical (unpaired) electrons. The van der Waals surface area contributed by atoms with Crippen LogP contribution < -0.4 is 25.4 Å². The zero-order valence-electron chi connectivity index (χ0n) is 29.7. The van der Waals surface area contributed by atoms with E-state index in [0.29, 0.717) is 17.7 Å². The highest BCUT2D eigenvalue weighted by molar-refractivity contribution is 6.38. The van der Waals surface area contributed by atoms with Crippen molar-refractivity contribution in [3.05, 3.63) is 11.8 Å². The lowest BCUT2D eigenvalue weighted by atomic mass is 9.85. The number of alkyl carbamates (subject to hydrolysis) is 1. The standard InChI is InChI=1S/C34H49N7O9/c1-7-10-22(25(42)28(44)36-19-13-14-19)37-27(43)24-16-34(15-23(40-50-34)21-17-35-31(48-6)39-29(21)47-5)18-41(24)30(45)26(33(2,3)4)38-32(46)49-20-11-8-9-12-20/h17,19-20,22,24,26H,7-16,18H2,1-6H3,(H,36,44)(H,37,43)(H,38,46)/t22-,24-,26+,34-/m0/s1. The van der Waals surface area contributed by atoms with Crippen LogP contribution >= 0.6 is 0 Å². The number of aromatic nitrogens is 2. The molecule has 5 rings (SSSR count). The maximum absolute atomic E-state index is 14.5. The van der Waals surface area contributed by atoms with Gasteiger partial charge in [-0.05, 0) is 50.4 Å². The van der Waals surface area contributed by atoms with Crippen LogP contribution in [0, 0.1) is 5.41 Å². The number of carbonyl (C=O) groups is 5. The highest BCUT2D eigenvalue weighted by Crippen LogP contribution is 2.41. The zero-order chi connectivity index (χ0) is 36.2. The summed E-state index contributed by atoms with van der Waals surface area (Å²) in [5.41, 5.74) is -1.02. The molecule has 16 nitrogen and oxygen atoms in total. The van der Waals surface area contributed by atoms with Crippen LogP contribution in [-0.4, -0.2) is 107 Å². The SMILES string of the molecule is CCC[C@H](NC(=O)[C@@H]1C[C@@]2(CC(c3cnc(OC)nc3OC)=NO2)CN1C(=O)[C@@H](NC(=O)OC1CCCC1)C(C)(C)C)C(=O)C(=O)NC1CC1. The number of ketones is 1. The van der Waals surface area contributed by atoms with Crippen LogP contribution in [-0.2, 0) is 28.8 Å². The lowest BCUT2D eigenvalue weighted by Crippen LogP contribution is -2.59. The summed E-state index contributed by atoms with van der Waals surface area (Å²) in [5, 5.41) is 12.5. The number of likely N-dealkylation sites (tertiary alicyclic amines) is 1. The molecule has 3 fully saturated rings. The second kappa shape index (κ2) is 15.2. The summed E-state index contributed by atoms with van der Waals surface area (Å²) >= 11 is 0. The predicted molar refractivity (Wildman–Crippen MR) is 178 cm³/mol. The molecule has 1 aromatic rings. The number of oxime groups is 1. The largest absolute Gasteiger partial charge is 0.480 e. The number of nitrogens with one attached hydrogen (secondary N) is 3. The van der Waals surface area contributed by atoms with Gasteiger partial charge >= 0.3 is 12.1 Å². The number of methoxy groups -OCH3 is 2.